The van der Waals surface area contributed by atoms with Crippen LogP contribution in [0, 0.1) is 11.3 Å². The van der Waals surface area contributed by atoms with E-state index in [9.17, 15) is 0 Å². The molecule has 0 saturated carbocycles. The summed E-state index contributed by atoms with van der Waals surface area (Å²) in [6.45, 7) is 0. The van der Waals surface area contributed by atoms with Gasteiger partial charge in [0, 0.05) is 12.7 Å². The minimum atomic E-state index is 0.128. The third-order valence-corrected chi connectivity index (χ3v) is 3.09. The lowest BCUT2D eigenvalue weighted by molar-refractivity contribution is 1.10. The smallest absolute Gasteiger partial charge is 0.226 e. The van der Waals surface area contributed by atoms with Crippen LogP contribution >= 0.6 is 11.6 Å². The third kappa shape index (κ3) is 2.04. The summed E-state index contributed by atoms with van der Waals surface area (Å²) < 4.78 is 0. The van der Waals surface area contributed by atoms with Crippen LogP contribution in [0.2, 0.25) is 5.28 Å². The van der Waals surface area contributed by atoms with E-state index in [4.69, 9.17) is 16.9 Å². The monoisotopic (exact) mass is 284 g/mol. The average Bonchev–Trinajstić information content (AvgIpc) is 2.93. The lowest BCUT2D eigenvalue weighted by atomic mass is 10.2. The number of hydrogen-bond donors (Lipinski definition) is 1. The Morgan fingerprint density at radius 1 is 1.35 bits per heavy atom. The molecule has 6 nitrogen and oxygen atoms in total. The Balaban J connectivity index is 2.14. The number of rotatable bonds is 2. The van der Waals surface area contributed by atoms with Crippen molar-refractivity contribution in [3.8, 4) is 6.07 Å². The van der Waals surface area contributed by atoms with Crippen LogP contribution in [0.3, 0.4) is 0 Å². The van der Waals surface area contributed by atoms with Crippen molar-refractivity contribution in [2.24, 2.45) is 0 Å². The Bertz CT molecular complexity index is 819. The van der Waals surface area contributed by atoms with E-state index in [2.05, 4.69) is 26.0 Å². The molecule has 0 spiro atoms. The van der Waals surface area contributed by atoms with Gasteiger partial charge in [-0.1, -0.05) is 6.07 Å². The molecule has 0 aliphatic heterocycles. The molecular weight excluding hydrogens is 276 g/mol. The number of anilines is 2. The highest BCUT2D eigenvalue weighted by molar-refractivity contribution is 6.28. The maximum Gasteiger partial charge on any atom is 0.226 e. The Morgan fingerprint density at radius 3 is 3.00 bits per heavy atom. The Morgan fingerprint density at radius 2 is 2.20 bits per heavy atom. The molecule has 1 N–H and O–H groups in total. The summed E-state index contributed by atoms with van der Waals surface area (Å²) in [6, 6.07) is 9.34. The van der Waals surface area contributed by atoms with Gasteiger partial charge in [-0.3, -0.25) is 0 Å². The summed E-state index contributed by atoms with van der Waals surface area (Å²) in [5, 5.41) is 9.09. The minimum Gasteiger partial charge on any atom is -0.340 e. The van der Waals surface area contributed by atoms with Gasteiger partial charge >= 0.3 is 0 Å². The van der Waals surface area contributed by atoms with Gasteiger partial charge in [0.25, 0.3) is 0 Å². The Labute approximate surface area is 119 Å². The standard InChI is InChI=1S/C13H9ClN6/c1-20(9-4-2-3-8(5-9)6-15)12-10-11(17-7-16-10)18-13(14)19-12/h2-5,7H,1H3,(H,16,17,18,19). The summed E-state index contributed by atoms with van der Waals surface area (Å²) >= 11 is 5.92. The predicted octanol–water partition coefficient (Wildman–Crippen LogP) is 2.65. The molecule has 0 saturated heterocycles. The van der Waals surface area contributed by atoms with Crippen molar-refractivity contribution >= 4 is 34.3 Å². The number of aromatic amines is 1. The minimum absolute atomic E-state index is 0.128. The second kappa shape index (κ2) is 4.79. The van der Waals surface area contributed by atoms with E-state index < -0.39 is 0 Å². The van der Waals surface area contributed by atoms with Crippen LogP contribution in [-0.2, 0) is 0 Å². The lowest BCUT2D eigenvalue weighted by Gasteiger charge is -2.18. The summed E-state index contributed by atoms with van der Waals surface area (Å²) in [5.41, 5.74) is 2.60. The molecule has 3 rings (SSSR count). The molecular formula is C13H9ClN6. The highest BCUT2D eigenvalue weighted by Crippen LogP contribution is 2.28. The predicted molar refractivity (Wildman–Crippen MR) is 75.9 cm³/mol. The topological polar surface area (TPSA) is 81.5 Å². The molecule has 3 aromatic rings. The maximum absolute atomic E-state index is 8.97. The number of fused-ring (bicyclic) bond motifs is 1. The Hall–Kier alpha value is -2.65. The molecule has 0 amide bonds. The number of imidazole rings is 1. The lowest BCUT2D eigenvalue weighted by Crippen LogP contribution is -2.12. The quantitative estimate of drug-likeness (QED) is 0.732. The van der Waals surface area contributed by atoms with Gasteiger partial charge < -0.3 is 9.88 Å². The van der Waals surface area contributed by atoms with Gasteiger partial charge in [0.2, 0.25) is 5.28 Å². The van der Waals surface area contributed by atoms with Crippen molar-refractivity contribution in [2.75, 3.05) is 11.9 Å². The normalized spacial score (nSPS) is 10.4. The molecule has 98 valence electrons. The van der Waals surface area contributed by atoms with Crippen LogP contribution < -0.4 is 4.90 Å². The number of halogens is 1. The highest BCUT2D eigenvalue weighted by atomic mass is 35.5. The number of nitriles is 1. The first-order valence-corrected chi connectivity index (χ1v) is 6.17. The van der Waals surface area contributed by atoms with E-state index in [1.54, 1.807) is 18.5 Å². The summed E-state index contributed by atoms with van der Waals surface area (Å²) in [5.74, 6) is 0.604. The first-order chi connectivity index (χ1) is 9.69. The van der Waals surface area contributed by atoms with Crippen molar-refractivity contribution in [1.29, 1.82) is 5.26 Å². The van der Waals surface area contributed by atoms with Gasteiger partial charge in [0.05, 0.1) is 18.0 Å². The van der Waals surface area contributed by atoms with Gasteiger partial charge in [-0.2, -0.15) is 15.2 Å². The van der Waals surface area contributed by atoms with Crippen molar-refractivity contribution < 1.29 is 0 Å². The van der Waals surface area contributed by atoms with Crippen molar-refractivity contribution in [1.82, 2.24) is 19.9 Å². The van der Waals surface area contributed by atoms with E-state index in [0.29, 0.717) is 22.5 Å². The van der Waals surface area contributed by atoms with Gasteiger partial charge in [-0.25, -0.2) is 4.98 Å². The van der Waals surface area contributed by atoms with Crippen LogP contribution in [0.4, 0.5) is 11.5 Å². The highest BCUT2D eigenvalue weighted by Gasteiger charge is 2.14. The van der Waals surface area contributed by atoms with E-state index in [1.165, 1.54) is 0 Å². The number of nitrogens with one attached hydrogen (secondary N) is 1. The number of nitrogens with zero attached hydrogens (tertiary/aromatic N) is 5. The molecule has 7 heteroatoms. The molecule has 0 aliphatic rings. The zero-order chi connectivity index (χ0) is 14.1. The molecule has 0 radical (unpaired) electrons. The second-order valence-electron chi connectivity index (χ2n) is 4.14. The molecule has 0 aliphatic carbocycles. The van der Waals surface area contributed by atoms with E-state index in [1.807, 2.05) is 24.1 Å². The second-order valence-corrected chi connectivity index (χ2v) is 4.48. The first kappa shape index (κ1) is 12.4. The molecule has 0 atom stereocenters. The molecule has 2 aromatic heterocycles. The first-order valence-electron chi connectivity index (χ1n) is 5.79. The molecule has 0 bridgehead atoms. The number of hydrogen-bond acceptors (Lipinski definition) is 5. The zero-order valence-corrected chi connectivity index (χ0v) is 11.3. The molecule has 0 fully saturated rings. The molecule has 0 unspecified atom stereocenters. The van der Waals surface area contributed by atoms with Gasteiger partial charge in [-0.05, 0) is 29.8 Å². The largest absolute Gasteiger partial charge is 0.340 e. The van der Waals surface area contributed by atoms with Crippen LogP contribution in [0.5, 0.6) is 0 Å². The van der Waals surface area contributed by atoms with Gasteiger partial charge in [-0.15, -0.1) is 0 Å². The summed E-state index contributed by atoms with van der Waals surface area (Å²) in [6.07, 6.45) is 1.54. The van der Waals surface area contributed by atoms with E-state index in [0.717, 1.165) is 5.69 Å². The number of H-pyrrole nitrogens is 1. The van der Waals surface area contributed by atoms with E-state index >= 15 is 0 Å². The molecule has 1 aromatic carbocycles. The van der Waals surface area contributed by atoms with Gasteiger partial charge in [0.15, 0.2) is 11.5 Å². The summed E-state index contributed by atoms with van der Waals surface area (Å²) in [7, 11) is 1.84. The maximum atomic E-state index is 8.97. The van der Waals surface area contributed by atoms with Crippen LogP contribution in [0.25, 0.3) is 11.2 Å². The Kier molecular flexibility index (Phi) is 2.97. The van der Waals surface area contributed by atoms with Crippen LogP contribution in [-0.4, -0.2) is 27.0 Å². The van der Waals surface area contributed by atoms with Crippen molar-refractivity contribution in [2.45, 2.75) is 0 Å². The SMILES string of the molecule is CN(c1cccc(C#N)c1)c1nc(Cl)nc2nc[nH]c12. The van der Waals surface area contributed by atoms with Gasteiger partial charge in [0.1, 0.15) is 5.52 Å². The van der Waals surface area contributed by atoms with Crippen molar-refractivity contribution in [3.63, 3.8) is 0 Å². The summed E-state index contributed by atoms with van der Waals surface area (Å²) in [4.78, 5) is 17.2. The van der Waals surface area contributed by atoms with E-state index in [-0.39, 0.29) is 5.28 Å². The number of aromatic nitrogens is 4. The fraction of sp³-hybridized carbons (Fsp3) is 0.0769. The molecule has 2 heterocycles. The van der Waals surface area contributed by atoms with Crippen LogP contribution in [0.1, 0.15) is 5.56 Å². The zero-order valence-electron chi connectivity index (χ0n) is 10.5. The van der Waals surface area contributed by atoms with Crippen molar-refractivity contribution in [3.05, 3.63) is 41.4 Å². The third-order valence-electron chi connectivity index (χ3n) is 2.92. The average molecular weight is 285 g/mol. The molecule has 20 heavy (non-hydrogen) atoms. The fourth-order valence-corrected chi connectivity index (χ4v) is 2.10. The fourth-order valence-electron chi connectivity index (χ4n) is 1.94. The number of benzene rings is 1. The van der Waals surface area contributed by atoms with Crippen LogP contribution in [0.15, 0.2) is 30.6 Å².